The number of rotatable bonds is 4. The van der Waals surface area contributed by atoms with E-state index in [2.05, 4.69) is 10.3 Å². The Bertz CT molecular complexity index is 972. The maximum absolute atomic E-state index is 12.5. The van der Waals surface area contributed by atoms with E-state index in [0.29, 0.717) is 11.4 Å². The van der Waals surface area contributed by atoms with Crippen molar-refractivity contribution in [2.75, 3.05) is 12.4 Å². The SMILES string of the molecule is COC(=O)C(C)(C)c1ccc(C(=O)Nc2cn3c(C)cccc3n2)cc1. The molecule has 0 saturated heterocycles. The van der Waals surface area contributed by atoms with Crippen LogP contribution < -0.4 is 5.32 Å². The minimum Gasteiger partial charge on any atom is -0.468 e. The first-order valence-electron chi connectivity index (χ1n) is 8.28. The lowest BCUT2D eigenvalue weighted by Gasteiger charge is -2.22. The van der Waals surface area contributed by atoms with Gasteiger partial charge in [-0.15, -0.1) is 0 Å². The van der Waals surface area contributed by atoms with Crippen molar-refractivity contribution in [2.24, 2.45) is 0 Å². The van der Waals surface area contributed by atoms with E-state index < -0.39 is 5.41 Å². The van der Waals surface area contributed by atoms with E-state index in [1.54, 1.807) is 44.3 Å². The highest BCUT2D eigenvalue weighted by Gasteiger charge is 2.30. The number of aromatic nitrogens is 2. The zero-order valence-electron chi connectivity index (χ0n) is 15.2. The number of aryl methyl sites for hydroxylation is 1. The van der Waals surface area contributed by atoms with Gasteiger partial charge in [-0.3, -0.25) is 9.59 Å². The van der Waals surface area contributed by atoms with Crippen molar-refractivity contribution in [1.29, 1.82) is 0 Å². The summed E-state index contributed by atoms with van der Waals surface area (Å²) >= 11 is 0. The Labute approximate surface area is 151 Å². The second-order valence-corrected chi connectivity index (χ2v) is 6.67. The molecule has 3 aromatic rings. The average Bonchev–Trinajstić information content (AvgIpc) is 3.05. The molecule has 134 valence electrons. The molecule has 0 aliphatic rings. The van der Waals surface area contributed by atoms with Gasteiger partial charge in [0.15, 0.2) is 5.82 Å². The molecule has 2 heterocycles. The molecule has 0 atom stereocenters. The summed E-state index contributed by atoms with van der Waals surface area (Å²) in [6.45, 7) is 5.54. The van der Waals surface area contributed by atoms with Crippen molar-refractivity contribution in [3.8, 4) is 0 Å². The van der Waals surface area contributed by atoms with Crippen molar-refractivity contribution in [3.05, 3.63) is 65.5 Å². The highest BCUT2D eigenvalue weighted by molar-refractivity contribution is 6.04. The van der Waals surface area contributed by atoms with Gasteiger partial charge in [-0.1, -0.05) is 18.2 Å². The summed E-state index contributed by atoms with van der Waals surface area (Å²) in [5.41, 5.74) is 2.30. The highest BCUT2D eigenvalue weighted by atomic mass is 16.5. The maximum atomic E-state index is 12.5. The van der Waals surface area contributed by atoms with Crippen LogP contribution in [0.1, 0.15) is 35.5 Å². The molecule has 2 aromatic heterocycles. The highest BCUT2D eigenvalue weighted by Crippen LogP contribution is 2.25. The molecule has 1 aromatic carbocycles. The first-order valence-corrected chi connectivity index (χ1v) is 8.28. The molecular formula is C20H21N3O3. The lowest BCUT2D eigenvalue weighted by Crippen LogP contribution is -2.30. The Morgan fingerprint density at radius 3 is 2.42 bits per heavy atom. The number of anilines is 1. The zero-order valence-corrected chi connectivity index (χ0v) is 15.2. The van der Waals surface area contributed by atoms with Crippen molar-refractivity contribution in [3.63, 3.8) is 0 Å². The van der Waals surface area contributed by atoms with Crippen LogP contribution >= 0.6 is 0 Å². The molecule has 0 unspecified atom stereocenters. The van der Waals surface area contributed by atoms with E-state index in [1.165, 1.54) is 7.11 Å². The van der Waals surface area contributed by atoms with E-state index >= 15 is 0 Å². The molecule has 0 spiro atoms. The van der Waals surface area contributed by atoms with Gasteiger partial charge in [0.2, 0.25) is 0 Å². The fourth-order valence-corrected chi connectivity index (χ4v) is 2.81. The molecule has 6 heteroatoms. The van der Waals surface area contributed by atoms with Crippen molar-refractivity contribution in [2.45, 2.75) is 26.2 Å². The fourth-order valence-electron chi connectivity index (χ4n) is 2.81. The van der Waals surface area contributed by atoms with Crippen molar-refractivity contribution < 1.29 is 14.3 Å². The third-order valence-corrected chi connectivity index (χ3v) is 4.50. The Hall–Kier alpha value is -3.15. The summed E-state index contributed by atoms with van der Waals surface area (Å²) in [4.78, 5) is 28.8. The van der Waals surface area contributed by atoms with Crippen LogP contribution in [-0.4, -0.2) is 28.4 Å². The number of carbonyl (C=O) groups is 2. The Morgan fingerprint density at radius 2 is 1.81 bits per heavy atom. The van der Waals surface area contributed by atoms with Crippen LogP contribution in [0.2, 0.25) is 0 Å². The fraction of sp³-hybridized carbons (Fsp3) is 0.250. The van der Waals surface area contributed by atoms with Crippen LogP contribution in [0.5, 0.6) is 0 Å². The molecule has 0 bridgehead atoms. The number of pyridine rings is 1. The molecule has 26 heavy (non-hydrogen) atoms. The summed E-state index contributed by atoms with van der Waals surface area (Å²) in [5.74, 6) is -0.0912. The number of hydrogen-bond acceptors (Lipinski definition) is 4. The Kier molecular flexibility index (Phi) is 4.50. The number of fused-ring (bicyclic) bond motifs is 1. The van der Waals surface area contributed by atoms with Gasteiger partial charge in [-0.2, -0.15) is 0 Å². The number of imidazole rings is 1. The summed E-state index contributed by atoms with van der Waals surface area (Å²) in [5, 5.41) is 2.80. The molecule has 1 N–H and O–H groups in total. The lowest BCUT2D eigenvalue weighted by molar-refractivity contribution is -0.146. The monoisotopic (exact) mass is 351 g/mol. The number of carbonyl (C=O) groups excluding carboxylic acids is 2. The molecular weight excluding hydrogens is 330 g/mol. The molecule has 0 saturated carbocycles. The van der Waals surface area contributed by atoms with Gasteiger partial charge >= 0.3 is 5.97 Å². The van der Waals surface area contributed by atoms with Gasteiger partial charge in [0.25, 0.3) is 5.91 Å². The van der Waals surface area contributed by atoms with Crippen LogP contribution in [0, 0.1) is 6.92 Å². The minimum absolute atomic E-state index is 0.256. The second-order valence-electron chi connectivity index (χ2n) is 6.67. The number of amides is 1. The number of hydrogen-bond donors (Lipinski definition) is 1. The number of ether oxygens (including phenoxy) is 1. The van der Waals surface area contributed by atoms with E-state index in [0.717, 1.165) is 16.9 Å². The Balaban J connectivity index is 1.79. The molecule has 0 fully saturated rings. The third kappa shape index (κ3) is 3.18. The third-order valence-electron chi connectivity index (χ3n) is 4.50. The maximum Gasteiger partial charge on any atom is 0.315 e. The van der Waals surface area contributed by atoms with Crippen LogP contribution in [0.25, 0.3) is 5.65 Å². The molecule has 0 aliphatic heterocycles. The number of methoxy groups -OCH3 is 1. The van der Waals surface area contributed by atoms with E-state index in [-0.39, 0.29) is 11.9 Å². The van der Waals surface area contributed by atoms with Crippen LogP contribution in [0.3, 0.4) is 0 Å². The zero-order chi connectivity index (χ0) is 18.9. The molecule has 0 aliphatic carbocycles. The molecule has 6 nitrogen and oxygen atoms in total. The second kappa shape index (κ2) is 6.63. The first-order chi connectivity index (χ1) is 12.3. The lowest BCUT2D eigenvalue weighted by atomic mass is 9.84. The van der Waals surface area contributed by atoms with Gasteiger partial charge in [-0.05, 0) is 50.6 Å². The number of benzene rings is 1. The summed E-state index contributed by atoms with van der Waals surface area (Å²) < 4.78 is 6.75. The topological polar surface area (TPSA) is 72.7 Å². The normalized spacial score (nSPS) is 11.4. The van der Waals surface area contributed by atoms with Crippen LogP contribution in [0.15, 0.2) is 48.7 Å². The van der Waals surface area contributed by atoms with Crippen molar-refractivity contribution in [1.82, 2.24) is 9.38 Å². The molecule has 3 rings (SSSR count). The number of nitrogens with one attached hydrogen (secondary N) is 1. The number of esters is 1. The van der Waals surface area contributed by atoms with Crippen LogP contribution in [0.4, 0.5) is 5.82 Å². The van der Waals surface area contributed by atoms with Crippen molar-refractivity contribution >= 4 is 23.3 Å². The molecule has 1 amide bonds. The quantitative estimate of drug-likeness (QED) is 0.732. The predicted octanol–water partition coefficient (Wildman–Crippen LogP) is 3.35. The van der Waals surface area contributed by atoms with E-state index in [4.69, 9.17) is 4.74 Å². The largest absolute Gasteiger partial charge is 0.468 e. The van der Waals surface area contributed by atoms with E-state index in [9.17, 15) is 9.59 Å². The predicted molar refractivity (Wildman–Crippen MR) is 99.4 cm³/mol. The summed E-state index contributed by atoms with van der Waals surface area (Å²) in [6, 6.07) is 12.7. The van der Waals surface area contributed by atoms with Gasteiger partial charge in [0.05, 0.1) is 18.7 Å². The molecule has 0 radical (unpaired) electrons. The number of nitrogens with zero attached hydrogens (tertiary/aromatic N) is 2. The minimum atomic E-state index is -0.775. The van der Waals surface area contributed by atoms with Gasteiger partial charge in [-0.25, -0.2) is 4.98 Å². The van der Waals surface area contributed by atoms with Gasteiger partial charge in [0, 0.05) is 11.3 Å². The van der Waals surface area contributed by atoms with Gasteiger partial charge < -0.3 is 14.5 Å². The Morgan fingerprint density at radius 1 is 1.12 bits per heavy atom. The van der Waals surface area contributed by atoms with E-state index in [1.807, 2.05) is 29.5 Å². The summed E-state index contributed by atoms with van der Waals surface area (Å²) in [7, 11) is 1.36. The standard InChI is InChI=1S/C20H21N3O3/c1-13-6-5-7-17-21-16(12-23(13)17)22-18(24)14-8-10-15(11-9-14)20(2,3)19(25)26-4/h5-12H,1-4H3,(H,22,24). The first kappa shape index (κ1) is 17.7. The van der Waals surface area contributed by atoms with Crippen LogP contribution in [-0.2, 0) is 14.9 Å². The average molecular weight is 351 g/mol. The smallest absolute Gasteiger partial charge is 0.315 e. The summed E-state index contributed by atoms with van der Waals surface area (Å²) in [6.07, 6.45) is 1.79. The van der Waals surface area contributed by atoms with Gasteiger partial charge in [0.1, 0.15) is 5.65 Å².